The Morgan fingerprint density at radius 3 is 1.64 bits per heavy atom. The lowest BCUT2D eigenvalue weighted by atomic mass is 9.87. The van der Waals surface area contributed by atoms with E-state index in [1.54, 1.807) is 0 Å². The predicted molar refractivity (Wildman–Crippen MR) is 186 cm³/mol. The molecule has 3 aromatic carbocycles. The largest absolute Gasteiger partial charge is 0.405 e. The molecule has 8 heteroatoms. The monoisotopic (exact) mass is 662 g/mol. The van der Waals surface area contributed by atoms with E-state index in [0.717, 1.165) is 16.7 Å². The van der Waals surface area contributed by atoms with E-state index in [0.29, 0.717) is 36.4 Å². The topological polar surface area (TPSA) is 75.6 Å². The Bertz CT molecular complexity index is 1350. The summed E-state index contributed by atoms with van der Waals surface area (Å²) in [6.07, 6.45) is -3.09. The third kappa shape index (κ3) is 7.60. The van der Waals surface area contributed by atoms with Crippen molar-refractivity contribution in [3.63, 3.8) is 0 Å². The molecule has 0 aromatic heterocycles. The molecular weight excluding hydrogens is 609 g/mol. The zero-order valence-corrected chi connectivity index (χ0v) is 30.1. The van der Waals surface area contributed by atoms with Crippen molar-refractivity contribution >= 4 is 8.32 Å². The van der Waals surface area contributed by atoms with Crippen molar-refractivity contribution in [3.05, 3.63) is 108 Å². The van der Waals surface area contributed by atoms with Gasteiger partial charge in [0.1, 0.15) is 24.4 Å². The lowest BCUT2D eigenvalue weighted by Crippen LogP contribution is -2.64. The van der Waals surface area contributed by atoms with Gasteiger partial charge in [0.15, 0.2) is 11.4 Å². The van der Waals surface area contributed by atoms with Gasteiger partial charge in [-0.1, -0.05) is 133 Å². The van der Waals surface area contributed by atoms with Crippen LogP contribution in [0.1, 0.15) is 65.2 Å². The highest BCUT2D eigenvalue weighted by molar-refractivity contribution is 6.77. The molecule has 3 aromatic rings. The molecular formula is C39H54O7Si. The molecule has 0 spiro atoms. The summed E-state index contributed by atoms with van der Waals surface area (Å²) in [6.45, 7) is 16.8. The third-order valence-corrected chi connectivity index (χ3v) is 16.1. The van der Waals surface area contributed by atoms with Gasteiger partial charge in [0.05, 0.1) is 33.0 Å². The van der Waals surface area contributed by atoms with Crippen molar-refractivity contribution in [1.82, 2.24) is 0 Å². The van der Waals surface area contributed by atoms with Gasteiger partial charge in [-0.15, -0.1) is 0 Å². The van der Waals surface area contributed by atoms with Gasteiger partial charge in [-0.3, -0.25) is 0 Å². The van der Waals surface area contributed by atoms with Crippen LogP contribution in [0.4, 0.5) is 0 Å². The molecule has 256 valence electrons. The van der Waals surface area contributed by atoms with Crippen LogP contribution in [0.5, 0.6) is 0 Å². The number of aliphatic hydroxyl groups is 1. The highest BCUT2D eigenvalue weighted by atomic mass is 28.4. The van der Waals surface area contributed by atoms with Crippen molar-refractivity contribution in [2.45, 2.75) is 121 Å². The maximum atomic E-state index is 12.6. The van der Waals surface area contributed by atoms with Gasteiger partial charge in [0, 0.05) is 0 Å². The average Bonchev–Trinajstić information content (AvgIpc) is 3.22. The number of aliphatic hydroxyl groups excluding tert-OH is 1. The highest BCUT2D eigenvalue weighted by Crippen LogP contribution is 2.54. The van der Waals surface area contributed by atoms with Crippen molar-refractivity contribution in [3.8, 4) is 0 Å². The minimum absolute atomic E-state index is 0.0934. The minimum Gasteiger partial charge on any atom is -0.405 e. The summed E-state index contributed by atoms with van der Waals surface area (Å²) in [7, 11) is -2.48. The van der Waals surface area contributed by atoms with E-state index in [2.05, 4.69) is 41.5 Å². The molecule has 2 fully saturated rings. The van der Waals surface area contributed by atoms with E-state index in [4.69, 9.17) is 28.1 Å². The minimum atomic E-state index is -2.48. The normalized spacial score (nSPS) is 27.6. The van der Waals surface area contributed by atoms with E-state index in [9.17, 15) is 5.11 Å². The van der Waals surface area contributed by atoms with Gasteiger partial charge in [-0.25, -0.2) is 0 Å². The van der Waals surface area contributed by atoms with E-state index >= 15 is 0 Å². The summed E-state index contributed by atoms with van der Waals surface area (Å²) in [5.41, 5.74) is 2.76. The van der Waals surface area contributed by atoms with E-state index in [1.807, 2.05) is 97.9 Å². The Morgan fingerprint density at radius 1 is 0.681 bits per heavy atom. The van der Waals surface area contributed by atoms with Crippen LogP contribution in [-0.4, -0.2) is 62.4 Å². The molecule has 2 bridgehead atoms. The Kier molecular flexibility index (Phi) is 11.8. The fraction of sp³-hybridized carbons (Fsp3) is 0.538. The summed E-state index contributed by atoms with van der Waals surface area (Å²) in [5.74, 6) is -1.25. The van der Waals surface area contributed by atoms with Gasteiger partial charge >= 0.3 is 0 Å². The van der Waals surface area contributed by atoms with Crippen LogP contribution in [0.15, 0.2) is 91.0 Å². The molecule has 6 atom stereocenters. The molecule has 0 radical (unpaired) electrons. The zero-order chi connectivity index (χ0) is 33.7. The van der Waals surface area contributed by atoms with Crippen LogP contribution in [0.25, 0.3) is 0 Å². The molecule has 2 aliphatic rings. The molecule has 5 rings (SSSR count). The van der Waals surface area contributed by atoms with Crippen LogP contribution >= 0.6 is 0 Å². The summed E-state index contributed by atoms with van der Waals surface area (Å²) in [4.78, 5) is 0. The number of fused-ring (bicyclic) bond motifs is 2. The summed E-state index contributed by atoms with van der Waals surface area (Å²) < 4.78 is 40.6. The van der Waals surface area contributed by atoms with Gasteiger partial charge in [-0.05, 0) is 40.2 Å². The molecule has 0 amide bonds. The second kappa shape index (κ2) is 15.4. The first-order valence-corrected chi connectivity index (χ1v) is 19.3. The molecule has 0 aliphatic carbocycles. The Labute approximate surface area is 282 Å². The third-order valence-electron chi connectivity index (χ3n) is 10.0. The maximum Gasteiger partial charge on any atom is 0.201 e. The number of hydrogen-bond donors (Lipinski definition) is 1. The van der Waals surface area contributed by atoms with Gasteiger partial charge in [0.25, 0.3) is 0 Å². The SMILES string of the molecule is CC(C)[Si](O[C@@H]1[C@@H](O)[C@]2(COCc3ccccc3)O[C@@]1(C)O[C@H](COCc1ccccc1)[C@@H]2OCc1ccccc1)(C(C)C)C(C)C. The Morgan fingerprint density at radius 2 is 1.15 bits per heavy atom. The van der Waals surface area contributed by atoms with Crippen LogP contribution in [0, 0.1) is 0 Å². The second-order valence-corrected chi connectivity index (χ2v) is 19.6. The zero-order valence-electron chi connectivity index (χ0n) is 29.1. The van der Waals surface area contributed by atoms with E-state index in [1.165, 1.54) is 0 Å². The summed E-state index contributed by atoms with van der Waals surface area (Å²) in [6, 6.07) is 30.1. The van der Waals surface area contributed by atoms with Crippen molar-refractivity contribution in [2.75, 3.05) is 13.2 Å². The molecule has 47 heavy (non-hydrogen) atoms. The summed E-state index contributed by atoms with van der Waals surface area (Å²) >= 11 is 0. The number of benzene rings is 3. The van der Waals surface area contributed by atoms with Crippen molar-refractivity contribution < 1.29 is 33.2 Å². The molecule has 0 unspecified atom stereocenters. The van der Waals surface area contributed by atoms with Crippen LogP contribution in [0.3, 0.4) is 0 Å². The van der Waals surface area contributed by atoms with Crippen LogP contribution < -0.4 is 0 Å². The standard InChI is InChI=1S/C39H54O7Si/c1-28(2)47(29(3)4,30(5)6)45-37-35(40)39(27-42-24-32-19-13-9-14-20-32)36(43-25-33-21-15-10-16-22-33)34(44-38(37,7)46-39)26-41-23-31-17-11-8-12-18-31/h8-22,28-30,34-37,40H,23-27H2,1-7H3/t34-,35-,36+,37-,38-,39+/m1/s1. The first-order valence-electron chi connectivity index (χ1n) is 17.1. The maximum absolute atomic E-state index is 12.6. The average molecular weight is 663 g/mol. The first-order chi connectivity index (χ1) is 22.5. The second-order valence-electron chi connectivity index (χ2n) is 14.2. The number of ether oxygens (including phenoxy) is 5. The Balaban J connectivity index is 1.51. The fourth-order valence-corrected chi connectivity index (χ4v) is 13.5. The molecule has 2 saturated heterocycles. The highest BCUT2D eigenvalue weighted by Gasteiger charge is 2.72. The first kappa shape index (κ1) is 35.9. The van der Waals surface area contributed by atoms with Gasteiger partial charge in [-0.2, -0.15) is 0 Å². The van der Waals surface area contributed by atoms with Gasteiger partial charge < -0.3 is 33.2 Å². The summed E-state index contributed by atoms with van der Waals surface area (Å²) in [5, 5.41) is 12.6. The van der Waals surface area contributed by atoms with E-state index < -0.39 is 44.1 Å². The van der Waals surface area contributed by atoms with Crippen LogP contribution in [0.2, 0.25) is 16.6 Å². The lowest BCUT2D eigenvalue weighted by molar-refractivity contribution is -0.372. The predicted octanol–water partition coefficient (Wildman–Crippen LogP) is 7.81. The number of rotatable bonds is 16. The van der Waals surface area contributed by atoms with Crippen molar-refractivity contribution in [2.24, 2.45) is 0 Å². The van der Waals surface area contributed by atoms with Gasteiger partial charge in [0.2, 0.25) is 8.32 Å². The smallest absolute Gasteiger partial charge is 0.201 e. The molecule has 2 heterocycles. The van der Waals surface area contributed by atoms with Crippen LogP contribution in [-0.2, 0) is 47.9 Å². The lowest BCUT2D eigenvalue weighted by Gasteiger charge is -2.49. The molecule has 1 N–H and O–H groups in total. The molecule has 0 saturated carbocycles. The Hall–Kier alpha value is -2.40. The fourth-order valence-electron chi connectivity index (χ4n) is 7.93. The molecule has 2 aliphatic heterocycles. The molecule has 7 nitrogen and oxygen atoms in total. The van der Waals surface area contributed by atoms with Crippen molar-refractivity contribution in [1.29, 1.82) is 0 Å². The quantitative estimate of drug-likeness (QED) is 0.157. The van der Waals surface area contributed by atoms with E-state index in [-0.39, 0.29) is 13.2 Å². The number of hydrogen-bond acceptors (Lipinski definition) is 7.